The van der Waals surface area contributed by atoms with Crippen LogP contribution in [0.25, 0.3) is 21.8 Å². The molecule has 3 nitrogen and oxygen atoms in total. The van der Waals surface area contributed by atoms with Crippen LogP contribution in [0.1, 0.15) is 42.5 Å². The quantitative estimate of drug-likeness (QED) is 0.762. The second-order valence-corrected chi connectivity index (χ2v) is 6.73. The van der Waals surface area contributed by atoms with Crippen LogP contribution in [0.2, 0.25) is 0 Å². The van der Waals surface area contributed by atoms with E-state index in [1.807, 2.05) is 16.7 Å². The van der Waals surface area contributed by atoms with E-state index >= 15 is 0 Å². The molecule has 3 aromatic rings. The number of primary amides is 1. The van der Waals surface area contributed by atoms with Crippen molar-refractivity contribution in [3.05, 3.63) is 47.8 Å². The number of hydrogen-bond acceptors (Lipinski definition) is 1. The highest BCUT2D eigenvalue weighted by Crippen LogP contribution is 2.35. The number of nitrogens with two attached hydrogens (primary N) is 1. The molecule has 0 saturated heterocycles. The minimum absolute atomic E-state index is 0.272. The molecule has 0 bridgehead atoms. The fourth-order valence-corrected chi connectivity index (χ4v) is 4.09. The highest BCUT2D eigenvalue weighted by Gasteiger charge is 2.21. The molecule has 1 aromatic heterocycles. The van der Waals surface area contributed by atoms with Crippen LogP contribution in [-0.4, -0.2) is 10.5 Å². The summed E-state index contributed by atoms with van der Waals surface area (Å²) in [6.07, 6.45) is 6.12. The fraction of sp³-hybridized carbons (Fsp3) is 0.350. The average molecular weight is 323 g/mol. The molecule has 1 radical (unpaired) electrons. The van der Waals surface area contributed by atoms with Crippen LogP contribution in [0, 0.1) is 17.8 Å². The van der Waals surface area contributed by atoms with Crippen molar-refractivity contribution < 1.29 is 9.18 Å². The highest BCUT2D eigenvalue weighted by atomic mass is 19.1. The zero-order chi connectivity index (χ0) is 16.7. The van der Waals surface area contributed by atoms with Crippen molar-refractivity contribution in [2.45, 2.75) is 38.6 Å². The molecule has 1 aliphatic carbocycles. The monoisotopic (exact) mass is 323 g/mol. The first kappa shape index (κ1) is 15.2. The SMILES string of the molecule is NC(=O)c1cccc2c1c1[c]ccc(F)c1n2CC1CCCCC1. The van der Waals surface area contributed by atoms with Crippen molar-refractivity contribution in [2.75, 3.05) is 0 Å². The molecule has 0 unspecified atom stereocenters. The molecule has 2 aromatic carbocycles. The van der Waals surface area contributed by atoms with Crippen molar-refractivity contribution in [1.82, 2.24) is 4.57 Å². The molecule has 4 rings (SSSR count). The van der Waals surface area contributed by atoms with Gasteiger partial charge < -0.3 is 10.3 Å². The lowest BCUT2D eigenvalue weighted by Crippen LogP contribution is -2.14. The summed E-state index contributed by atoms with van der Waals surface area (Å²) >= 11 is 0. The van der Waals surface area contributed by atoms with Gasteiger partial charge in [-0.1, -0.05) is 31.4 Å². The lowest BCUT2D eigenvalue weighted by molar-refractivity contribution is 0.100. The van der Waals surface area contributed by atoms with E-state index in [1.54, 1.807) is 12.1 Å². The van der Waals surface area contributed by atoms with E-state index in [9.17, 15) is 9.18 Å². The van der Waals surface area contributed by atoms with E-state index < -0.39 is 5.91 Å². The summed E-state index contributed by atoms with van der Waals surface area (Å²) in [5.41, 5.74) is 7.38. The number of rotatable bonds is 3. The summed E-state index contributed by atoms with van der Waals surface area (Å²) in [6.45, 7) is 0.775. The lowest BCUT2D eigenvalue weighted by Gasteiger charge is -2.23. The Bertz CT molecular complexity index is 922. The van der Waals surface area contributed by atoms with Crippen LogP contribution in [0.5, 0.6) is 0 Å². The maximum absolute atomic E-state index is 14.6. The number of aromatic nitrogens is 1. The van der Waals surface area contributed by atoms with Gasteiger partial charge in [0.2, 0.25) is 5.91 Å². The second kappa shape index (κ2) is 5.93. The molecule has 1 aliphatic rings. The molecule has 0 aliphatic heterocycles. The summed E-state index contributed by atoms with van der Waals surface area (Å²) in [7, 11) is 0. The maximum Gasteiger partial charge on any atom is 0.249 e. The van der Waals surface area contributed by atoms with Gasteiger partial charge in [-0.05, 0) is 43.0 Å². The smallest absolute Gasteiger partial charge is 0.249 e. The van der Waals surface area contributed by atoms with Crippen molar-refractivity contribution in [1.29, 1.82) is 0 Å². The zero-order valence-corrected chi connectivity index (χ0v) is 13.5. The lowest BCUT2D eigenvalue weighted by atomic mass is 9.89. The predicted octanol–water partition coefficient (Wildman–Crippen LogP) is 4.41. The van der Waals surface area contributed by atoms with Crippen molar-refractivity contribution in [2.24, 2.45) is 11.7 Å². The first-order valence-corrected chi connectivity index (χ1v) is 8.57. The Morgan fingerprint density at radius 3 is 2.79 bits per heavy atom. The third-order valence-electron chi connectivity index (χ3n) is 5.20. The number of benzene rings is 2. The third kappa shape index (κ3) is 2.37. The number of amides is 1. The molecule has 1 heterocycles. The van der Waals surface area contributed by atoms with Crippen LogP contribution in [0.15, 0.2) is 30.3 Å². The van der Waals surface area contributed by atoms with Gasteiger partial charge in [0.05, 0.1) is 11.0 Å². The third-order valence-corrected chi connectivity index (χ3v) is 5.20. The van der Waals surface area contributed by atoms with Crippen molar-refractivity contribution >= 4 is 27.7 Å². The van der Waals surface area contributed by atoms with E-state index in [0.717, 1.165) is 17.4 Å². The predicted molar refractivity (Wildman–Crippen MR) is 93.3 cm³/mol. The Kier molecular flexibility index (Phi) is 3.75. The fourth-order valence-electron chi connectivity index (χ4n) is 4.09. The Hall–Kier alpha value is -2.36. The Morgan fingerprint density at radius 1 is 1.25 bits per heavy atom. The van der Waals surface area contributed by atoms with Gasteiger partial charge in [-0.15, -0.1) is 0 Å². The average Bonchev–Trinajstić information content (AvgIpc) is 2.91. The van der Waals surface area contributed by atoms with Gasteiger partial charge in [-0.3, -0.25) is 4.79 Å². The molecule has 0 spiro atoms. The van der Waals surface area contributed by atoms with E-state index in [1.165, 1.54) is 38.2 Å². The van der Waals surface area contributed by atoms with Crippen LogP contribution in [-0.2, 0) is 6.54 Å². The number of halogens is 1. The molecule has 1 saturated carbocycles. The summed E-state index contributed by atoms with van der Waals surface area (Å²) in [6, 6.07) is 11.6. The molecular weight excluding hydrogens is 303 g/mol. The van der Waals surface area contributed by atoms with Gasteiger partial charge >= 0.3 is 0 Å². The number of carbonyl (C=O) groups is 1. The summed E-state index contributed by atoms with van der Waals surface area (Å²) in [5, 5.41) is 1.37. The van der Waals surface area contributed by atoms with Gasteiger partial charge in [-0.2, -0.15) is 0 Å². The topological polar surface area (TPSA) is 48.0 Å². The van der Waals surface area contributed by atoms with Crippen LogP contribution >= 0.6 is 0 Å². The minimum atomic E-state index is -0.491. The van der Waals surface area contributed by atoms with E-state index in [0.29, 0.717) is 22.4 Å². The standard InChI is InChI=1S/C20H20FN2O/c21-16-10-4-8-14-18-15(20(22)24)9-5-11-17(18)23(19(14)16)12-13-6-2-1-3-7-13/h4-5,9-11,13H,1-3,6-7,12H2,(H2,22,24). The van der Waals surface area contributed by atoms with Crippen molar-refractivity contribution in [3.63, 3.8) is 0 Å². The van der Waals surface area contributed by atoms with Crippen LogP contribution < -0.4 is 5.73 Å². The summed E-state index contributed by atoms with van der Waals surface area (Å²) in [5.74, 6) is -0.212. The van der Waals surface area contributed by atoms with Gasteiger partial charge in [0.15, 0.2) is 0 Å². The second-order valence-electron chi connectivity index (χ2n) is 6.73. The van der Waals surface area contributed by atoms with Gasteiger partial charge in [0.1, 0.15) is 5.82 Å². The maximum atomic E-state index is 14.6. The summed E-state index contributed by atoms with van der Waals surface area (Å²) in [4.78, 5) is 11.8. The van der Waals surface area contributed by atoms with E-state index in [2.05, 4.69) is 6.07 Å². The Labute approximate surface area is 140 Å². The van der Waals surface area contributed by atoms with Gasteiger partial charge in [0.25, 0.3) is 0 Å². The molecule has 0 atom stereocenters. The number of nitrogens with zero attached hydrogens (tertiary/aromatic N) is 1. The number of hydrogen-bond donors (Lipinski definition) is 1. The highest BCUT2D eigenvalue weighted by molar-refractivity contribution is 6.17. The van der Waals surface area contributed by atoms with E-state index in [-0.39, 0.29) is 5.82 Å². The Morgan fingerprint density at radius 2 is 2.04 bits per heavy atom. The largest absolute Gasteiger partial charge is 0.366 e. The Balaban J connectivity index is 1.99. The number of carbonyl (C=O) groups excluding carboxylic acids is 1. The van der Waals surface area contributed by atoms with Gasteiger partial charge in [0, 0.05) is 22.9 Å². The molecule has 24 heavy (non-hydrogen) atoms. The molecule has 1 amide bonds. The normalized spacial score (nSPS) is 16.0. The first-order chi connectivity index (χ1) is 11.7. The number of fused-ring (bicyclic) bond motifs is 3. The molecule has 2 N–H and O–H groups in total. The van der Waals surface area contributed by atoms with Crippen LogP contribution in [0.4, 0.5) is 4.39 Å². The van der Waals surface area contributed by atoms with Crippen molar-refractivity contribution in [3.8, 4) is 0 Å². The molecule has 123 valence electrons. The summed E-state index contributed by atoms with van der Waals surface area (Å²) < 4.78 is 16.6. The minimum Gasteiger partial charge on any atom is -0.366 e. The van der Waals surface area contributed by atoms with Gasteiger partial charge in [-0.25, -0.2) is 4.39 Å². The van der Waals surface area contributed by atoms with Crippen LogP contribution in [0.3, 0.4) is 0 Å². The van der Waals surface area contributed by atoms with E-state index in [4.69, 9.17) is 5.73 Å². The first-order valence-electron chi connectivity index (χ1n) is 8.57. The molecular formula is C20H20FN2O. The molecule has 1 fully saturated rings. The molecule has 4 heteroatoms. The zero-order valence-electron chi connectivity index (χ0n) is 13.5.